The molecule has 0 bridgehead atoms. The summed E-state index contributed by atoms with van der Waals surface area (Å²) in [6, 6.07) is 20.3. The van der Waals surface area contributed by atoms with Crippen LogP contribution in [0.25, 0.3) is 0 Å². The first kappa shape index (κ1) is 22.5. The molecule has 0 saturated carbocycles. The Hall–Kier alpha value is -2.25. The van der Waals surface area contributed by atoms with Crippen LogP contribution in [0.15, 0.2) is 74.9 Å². The molecule has 0 spiro atoms. The number of fused-ring (bicyclic) bond motifs is 1. The average Bonchev–Trinajstić information content (AvgIpc) is 3.53. The molecule has 3 heterocycles. The maximum absolute atomic E-state index is 12.5. The van der Waals surface area contributed by atoms with Crippen molar-refractivity contribution in [2.75, 3.05) is 27.2 Å². The number of ether oxygens (including phenoxy) is 1. The van der Waals surface area contributed by atoms with Crippen LogP contribution in [-0.4, -0.2) is 48.4 Å². The average molecular weight is 543 g/mol. The normalized spacial score (nSPS) is 20.3. The van der Waals surface area contributed by atoms with Gasteiger partial charge in [0, 0.05) is 30.2 Å². The van der Waals surface area contributed by atoms with Crippen LogP contribution in [0.2, 0.25) is 0 Å². The fraction of sp³-hybridized carbons (Fsp3) is 0.250. The van der Waals surface area contributed by atoms with E-state index in [1.807, 2.05) is 48.5 Å². The van der Waals surface area contributed by atoms with Gasteiger partial charge in [-0.1, -0.05) is 46.3 Å². The van der Waals surface area contributed by atoms with E-state index in [9.17, 15) is 4.79 Å². The molecule has 170 valence electrons. The molecule has 9 heteroatoms. The number of carbonyl (C=O) groups excluding carboxylic acids is 1. The van der Waals surface area contributed by atoms with Crippen LogP contribution in [0.3, 0.4) is 0 Å². The molecule has 0 amide bonds. The molecule has 0 aliphatic carbocycles. The van der Waals surface area contributed by atoms with Crippen molar-refractivity contribution in [3.05, 3.63) is 75.6 Å². The van der Waals surface area contributed by atoms with Crippen molar-refractivity contribution in [2.24, 2.45) is 9.74 Å². The van der Waals surface area contributed by atoms with Gasteiger partial charge in [0.2, 0.25) is 0 Å². The van der Waals surface area contributed by atoms with Crippen LogP contribution in [0, 0.1) is 0 Å². The highest BCUT2D eigenvalue weighted by molar-refractivity contribution is 9.10. The van der Waals surface area contributed by atoms with Gasteiger partial charge in [-0.3, -0.25) is 0 Å². The highest BCUT2D eigenvalue weighted by Crippen LogP contribution is 2.63. The quantitative estimate of drug-likeness (QED) is 0.282. The van der Waals surface area contributed by atoms with E-state index >= 15 is 0 Å². The van der Waals surface area contributed by atoms with E-state index in [1.54, 1.807) is 0 Å². The zero-order valence-corrected chi connectivity index (χ0v) is 21.7. The molecule has 0 N–H and O–H groups in total. The number of benzene rings is 2. The molecule has 0 radical (unpaired) electrons. The molecule has 1 unspecified atom stereocenters. The Balaban J connectivity index is 1.81. The smallest absolute Gasteiger partial charge is 0.348 e. The van der Waals surface area contributed by atoms with Gasteiger partial charge in [-0.05, 0) is 43.2 Å². The lowest BCUT2D eigenvalue weighted by atomic mass is 10.2. The Labute approximate surface area is 206 Å². The SMILES string of the molecule is COC(=O)c1cc2c(s1)N=C(c1ccccc1)N(C)P2(=Nc1ccc(Br)cc1)N1CCCC1. The van der Waals surface area contributed by atoms with Gasteiger partial charge in [0.1, 0.15) is 15.7 Å². The first-order valence-electron chi connectivity index (χ1n) is 10.8. The molecular formula is C24H24BrN4O2PS. The number of rotatable bonds is 4. The zero-order chi connectivity index (χ0) is 23.0. The fourth-order valence-corrected chi connectivity index (χ4v) is 9.75. The zero-order valence-electron chi connectivity index (χ0n) is 18.4. The largest absolute Gasteiger partial charge is 0.465 e. The number of thiophene rings is 1. The minimum atomic E-state index is -2.46. The number of nitrogens with zero attached hydrogens (tertiary/aromatic N) is 4. The lowest BCUT2D eigenvalue weighted by molar-refractivity contribution is 0.0606. The van der Waals surface area contributed by atoms with Crippen LogP contribution in [0.5, 0.6) is 0 Å². The Morgan fingerprint density at radius 1 is 1.12 bits per heavy atom. The lowest BCUT2D eigenvalue weighted by Gasteiger charge is -2.44. The fourth-order valence-electron chi connectivity index (χ4n) is 4.34. The molecule has 6 nitrogen and oxygen atoms in total. The highest BCUT2D eigenvalue weighted by atomic mass is 79.9. The number of carbonyl (C=O) groups is 1. The van der Waals surface area contributed by atoms with Crippen molar-refractivity contribution in [3.63, 3.8) is 0 Å². The monoisotopic (exact) mass is 542 g/mol. The van der Waals surface area contributed by atoms with Crippen LogP contribution in [-0.2, 0) is 4.74 Å². The Morgan fingerprint density at radius 2 is 1.82 bits per heavy atom. The minimum Gasteiger partial charge on any atom is -0.465 e. The second-order valence-corrected chi connectivity index (χ2v) is 12.9. The third kappa shape index (κ3) is 3.99. The van der Waals surface area contributed by atoms with Gasteiger partial charge >= 0.3 is 5.97 Å². The maximum Gasteiger partial charge on any atom is 0.348 e. The molecule has 2 aliphatic heterocycles. The topological polar surface area (TPSA) is 57.5 Å². The molecular weight excluding hydrogens is 519 g/mol. The summed E-state index contributed by atoms with van der Waals surface area (Å²) < 4.78 is 16.3. The second-order valence-electron chi connectivity index (χ2n) is 7.92. The van der Waals surface area contributed by atoms with Gasteiger partial charge < -0.3 is 9.41 Å². The van der Waals surface area contributed by atoms with E-state index in [0.29, 0.717) is 4.88 Å². The number of hydrogen-bond acceptors (Lipinski definition) is 5. The first-order chi connectivity index (χ1) is 16.0. The Bertz CT molecular complexity index is 1270. The summed E-state index contributed by atoms with van der Waals surface area (Å²) in [7, 11) is 1.05. The van der Waals surface area contributed by atoms with E-state index in [-0.39, 0.29) is 5.97 Å². The van der Waals surface area contributed by atoms with Crippen molar-refractivity contribution in [3.8, 4) is 0 Å². The summed E-state index contributed by atoms with van der Waals surface area (Å²) in [5.74, 6) is 0.541. The van der Waals surface area contributed by atoms with Crippen LogP contribution < -0.4 is 5.30 Å². The van der Waals surface area contributed by atoms with Gasteiger partial charge in [0.25, 0.3) is 0 Å². The predicted molar refractivity (Wildman–Crippen MR) is 140 cm³/mol. The number of amidine groups is 1. The Kier molecular flexibility index (Phi) is 6.27. The number of halogens is 1. The molecule has 2 aliphatic rings. The summed E-state index contributed by atoms with van der Waals surface area (Å²) in [5, 5.41) is 1.87. The standard InChI is InChI=1S/C24H24BrN4O2PS/c1-28-22(17-8-4-3-5-9-17)26-23-20(16-21(33-23)24(30)31-2)32(28,29-14-6-7-15-29)27-19-12-10-18(25)11-13-19/h3-5,8-13,16H,6-7,14-15H2,1-2H3. The molecule has 2 aromatic carbocycles. The van der Waals surface area contributed by atoms with Gasteiger partial charge in [0.15, 0.2) is 7.36 Å². The predicted octanol–water partition coefficient (Wildman–Crippen LogP) is 6.40. The van der Waals surface area contributed by atoms with E-state index in [4.69, 9.17) is 14.5 Å². The molecule has 1 saturated heterocycles. The first-order valence-corrected chi connectivity index (χ1v) is 14.0. The maximum atomic E-state index is 12.5. The van der Waals surface area contributed by atoms with E-state index in [2.05, 4.69) is 44.5 Å². The number of aliphatic imine (C=N–C) groups is 1. The molecule has 5 rings (SSSR count). The highest BCUT2D eigenvalue weighted by Gasteiger charge is 2.44. The number of esters is 1. The lowest BCUT2D eigenvalue weighted by Crippen LogP contribution is -2.39. The van der Waals surface area contributed by atoms with Crippen molar-refractivity contribution in [1.29, 1.82) is 0 Å². The number of methoxy groups -OCH3 is 1. The van der Waals surface area contributed by atoms with E-state index in [1.165, 1.54) is 18.4 Å². The minimum absolute atomic E-state index is 0.336. The van der Waals surface area contributed by atoms with Crippen molar-refractivity contribution in [1.82, 2.24) is 9.34 Å². The van der Waals surface area contributed by atoms with Crippen molar-refractivity contribution < 1.29 is 9.53 Å². The summed E-state index contributed by atoms with van der Waals surface area (Å²) in [6.45, 7) is 1.92. The summed E-state index contributed by atoms with van der Waals surface area (Å²) in [6.07, 6.45) is 2.26. The van der Waals surface area contributed by atoms with Gasteiger partial charge in [-0.2, -0.15) is 0 Å². The van der Waals surface area contributed by atoms with Crippen LogP contribution in [0.4, 0.5) is 10.7 Å². The summed E-state index contributed by atoms with van der Waals surface area (Å²) >= 11 is 4.92. The third-order valence-electron chi connectivity index (χ3n) is 5.93. The van der Waals surface area contributed by atoms with E-state index in [0.717, 1.165) is 57.8 Å². The Morgan fingerprint density at radius 3 is 2.48 bits per heavy atom. The summed E-state index contributed by atoms with van der Waals surface area (Å²) in [5.41, 5.74) is 1.95. The van der Waals surface area contributed by atoms with Gasteiger partial charge in [-0.25, -0.2) is 19.2 Å². The summed E-state index contributed by atoms with van der Waals surface area (Å²) in [4.78, 5) is 18.1. The molecule has 3 aromatic rings. The van der Waals surface area contributed by atoms with Crippen molar-refractivity contribution in [2.45, 2.75) is 12.8 Å². The second kappa shape index (κ2) is 9.18. The van der Waals surface area contributed by atoms with Crippen molar-refractivity contribution >= 4 is 62.4 Å². The van der Waals surface area contributed by atoms with Gasteiger partial charge in [0.05, 0.1) is 18.1 Å². The molecule has 1 aromatic heterocycles. The molecule has 1 fully saturated rings. The number of hydrogen-bond donors (Lipinski definition) is 0. The van der Waals surface area contributed by atoms with Crippen LogP contribution in [0.1, 0.15) is 28.1 Å². The third-order valence-corrected chi connectivity index (χ3v) is 11.3. The molecule has 33 heavy (non-hydrogen) atoms. The molecule has 1 atom stereocenters. The van der Waals surface area contributed by atoms with Gasteiger partial charge in [-0.15, -0.1) is 11.3 Å². The van der Waals surface area contributed by atoms with Crippen LogP contribution >= 0.6 is 34.6 Å². The van der Waals surface area contributed by atoms with E-state index < -0.39 is 7.36 Å².